The average molecular weight is 325 g/mol. The SMILES string of the molecule is COCCNCC(O)Cn1cc(I)cn1. The summed E-state index contributed by atoms with van der Waals surface area (Å²) in [5, 5.41) is 16.8. The Morgan fingerprint density at radius 2 is 2.53 bits per heavy atom. The molecule has 15 heavy (non-hydrogen) atoms. The van der Waals surface area contributed by atoms with Gasteiger partial charge in [0.15, 0.2) is 0 Å². The molecule has 1 rings (SSSR count). The van der Waals surface area contributed by atoms with E-state index >= 15 is 0 Å². The fraction of sp³-hybridized carbons (Fsp3) is 0.667. The van der Waals surface area contributed by atoms with Crippen LogP contribution in [0, 0.1) is 3.57 Å². The fourth-order valence-corrected chi connectivity index (χ4v) is 1.61. The highest BCUT2D eigenvalue weighted by Crippen LogP contribution is 2.01. The first kappa shape index (κ1) is 12.9. The zero-order valence-electron chi connectivity index (χ0n) is 8.69. The van der Waals surface area contributed by atoms with Crippen molar-refractivity contribution in [2.24, 2.45) is 0 Å². The molecule has 0 saturated carbocycles. The van der Waals surface area contributed by atoms with Crippen molar-refractivity contribution in [2.45, 2.75) is 12.6 Å². The molecule has 5 nitrogen and oxygen atoms in total. The van der Waals surface area contributed by atoms with Crippen LogP contribution in [0.2, 0.25) is 0 Å². The van der Waals surface area contributed by atoms with Gasteiger partial charge >= 0.3 is 0 Å². The molecule has 0 amide bonds. The standard InChI is InChI=1S/C9H16IN3O2/c1-15-3-2-11-5-9(14)7-13-6-8(10)4-12-13/h4,6,9,11,14H,2-3,5,7H2,1H3. The van der Waals surface area contributed by atoms with E-state index in [1.165, 1.54) is 0 Å². The van der Waals surface area contributed by atoms with Crippen LogP contribution in [-0.4, -0.2) is 47.8 Å². The molecule has 0 fully saturated rings. The van der Waals surface area contributed by atoms with Crippen LogP contribution in [0.15, 0.2) is 12.4 Å². The predicted molar refractivity (Wildman–Crippen MR) is 65.7 cm³/mol. The molecule has 0 aromatic carbocycles. The van der Waals surface area contributed by atoms with Crippen molar-refractivity contribution in [3.63, 3.8) is 0 Å². The molecule has 6 heteroatoms. The number of ether oxygens (including phenoxy) is 1. The number of hydrogen-bond donors (Lipinski definition) is 2. The normalized spacial score (nSPS) is 13.0. The molecule has 86 valence electrons. The molecule has 0 radical (unpaired) electrons. The minimum atomic E-state index is -0.419. The third kappa shape index (κ3) is 5.45. The van der Waals surface area contributed by atoms with E-state index in [2.05, 4.69) is 33.0 Å². The number of hydrogen-bond acceptors (Lipinski definition) is 4. The lowest BCUT2D eigenvalue weighted by molar-refractivity contribution is 0.140. The summed E-state index contributed by atoms with van der Waals surface area (Å²) in [5.74, 6) is 0. The zero-order chi connectivity index (χ0) is 11.1. The molecule has 0 bridgehead atoms. The van der Waals surface area contributed by atoms with Crippen molar-refractivity contribution in [1.29, 1.82) is 0 Å². The molecule has 1 atom stereocenters. The van der Waals surface area contributed by atoms with E-state index in [0.29, 0.717) is 19.7 Å². The lowest BCUT2D eigenvalue weighted by Crippen LogP contribution is -2.32. The van der Waals surface area contributed by atoms with Gasteiger partial charge in [-0.3, -0.25) is 4.68 Å². The van der Waals surface area contributed by atoms with Gasteiger partial charge in [-0.05, 0) is 22.6 Å². The number of methoxy groups -OCH3 is 1. The number of nitrogens with zero attached hydrogens (tertiary/aromatic N) is 2. The lowest BCUT2D eigenvalue weighted by Gasteiger charge is -2.11. The summed E-state index contributed by atoms with van der Waals surface area (Å²) in [6, 6.07) is 0. The highest BCUT2D eigenvalue weighted by Gasteiger charge is 2.05. The van der Waals surface area contributed by atoms with Gasteiger partial charge in [0.25, 0.3) is 0 Å². The minimum Gasteiger partial charge on any atom is -0.390 e. The zero-order valence-corrected chi connectivity index (χ0v) is 10.8. The molecule has 0 aliphatic rings. The van der Waals surface area contributed by atoms with Gasteiger partial charge in [0.1, 0.15) is 0 Å². The molecular formula is C9H16IN3O2. The summed E-state index contributed by atoms with van der Waals surface area (Å²) in [5.41, 5.74) is 0. The number of aliphatic hydroxyl groups is 1. The van der Waals surface area contributed by atoms with Gasteiger partial charge in [0, 0.05) is 26.4 Å². The van der Waals surface area contributed by atoms with E-state index < -0.39 is 6.10 Å². The maximum Gasteiger partial charge on any atom is 0.0860 e. The van der Waals surface area contributed by atoms with Crippen LogP contribution in [-0.2, 0) is 11.3 Å². The molecule has 1 aromatic heterocycles. The van der Waals surface area contributed by atoms with Crippen LogP contribution < -0.4 is 5.32 Å². The molecule has 1 aromatic rings. The van der Waals surface area contributed by atoms with Crippen molar-refractivity contribution in [1.82, 2.24) is 15.1 Å². The van der Waals surface area contributed by atoms with Crippen LogP contribution >= 0.6 is 22.6 Å². The van der Waals surface area contributed by atoms with Crippen molar-refractivity contribution < 1.29 is 9.84 Å². The second-order valence-electron chi connectivity index (χ2n) is 3.23. The number of halogens is 1. The quantitative estimate of drug-likeness (QED) is 0.551. The Hall–Kier alpha value is -0.180. The first-order valence-electron chi connectivity index (χ1n) is 4.78. The van der Waals surface area contributed by atoms with E-state index in [-0.39, 0.29) is 0 Å². The van der Waals surface area contributed by atoms with E-state index in [1.54, 1.807) is 18.0 Å². The number of rotatable bonds is 7. The summed E-state index contributed by atoms with van der Waals surface area (Å²) in [6.45, 7) is 2.49. The van der Waals surface area contributed by atoms with E-state index in [1.807, 2.05) is 6.20 Å². The molecule has 2 N–H and O–H groups in total. The van der Waals surface area contributed by atoms with Gasteiger partial charge in [-0.1, -0.05) is 0 Å². The van der Waals surface area contributed by atoms with E-state index in [0.717, 1.165) is 10.1 Å². The van der Waals surface area contributed by atoms with Crippen molar-refractivity contribution in [3.05, 3.63) is 16.0 Å². The van der Waals surface area contributed by atoms with Crippen LogP contribution in [0.1, 0.15) is 0 Å². The second-order valence-corrected chi connectivity index (χ2v) is 4.48. The number of nitrogens with one attached hydrogen (secondary N) is 1. The van der Waals surface area contributed by atoms with Gasteiger partial charge in [-0.25, -0.2) is 0 Å². The monoisotopic (exact) mass is 325 g/mol. The Morgan fingerprint density at radius 1 is 1.73 bits per heavy atom. The van der Waals surface area contributed by atoms with Gasteiger partial charge in [-0.2, -0.15) is 5.10 Å². The first-order chi connectivity index (χ1) is 7.22. The first-order valence-corrected chi connectivity index (χ1v) is 5.86. The third-order valence-corrected chi connectivity index (χ3v) is 2.42. The molecule has 0 aliphatic carbocycles. The third-order valence-electron chi connectivity index (χ3n) is 1.86. The van der Waals surface area contributed by atoms with Gasteiger partial charge < -0.3 is 15.2 Å². The summed E-state index contributed by atoms with van der Waals surface area (Å²) < 4.78 is 7.70. The highest BCUT2D eigenvalue weighted by molar-refractivity contribution is 14.1. The van der Waals surface area contributed by atoms with Crippen molar-refractivity contribution >= 4 is 22.6 Å². The Morgan fingerprint density at radius 3 is 3.13 bits per heavy atom. The molecular weight excluding hydrogens is 309 g/mol. The largest absolute Gasteiger partial charge is 0.390 e. The van der Waals surface area contributed by atoms with Gasteiger partial charge in [0.2, 0.25) is 0 Å². The molecule has 0 aliphatic heterocycles. The summed E-state index contributed by atoms with van der Waals surface area (Å²) in [7, 11) is 1.66. The average Bonchev–Trinajstić information content (AvgIpc) is 2.59. The summed E-state index contributed by atoms with van der Waals surface area (Å²) in [4.78, 5) is 0. The van der Waals surface area contributed by atoms with E-state index in [9.17, 15) is 5.11 Å². The Balaban J connectivity index is 2.15. The topological polar surface area (TPSA) is 59.3 Å². The predicted octanol–water partition coefficient (Wildman–Crippen LogP) is 0.0846. The van der Waals surface area contributed by atoms with Crippen LogP contribution in [0.25, 0.3) is 0 Å². The molecule has 1 unspecified atom stereocenters. The van der Waals surface area contributed by atoms with E-state index in [4.69, 9.17) is 4.74 Å². The van der Waals surface area contributed by atoms with Crippen LogP contribution in [0.3, 0.4) is 0 Å². The maximum absolute atomic E-state index is 9.64. The van der Waals surface area contributed by atoms with Gasteiger partial charge in [0.05, 0.1) is 29.0 Å². The summed E-state index contributed by atoms with van der Waals surface area (Å²) >= 11 is 2.19. The highest BCUT2D eigenvalue weighted by atomic mass is 127. The summed E-state index contributed by atoms with van der Waals surface area (Å²) in [6.07, 6.45) is 3.25. The second kappa shape index (κ2) is 7.15. The smallest absolute Gasteiger partial charge is 0.0860 e. The minimum absolute atomic E-state index is 0.419. The molecule has 0 saturated heterocycles. The molecule has 1 heterocycles. The van der Waals surface area contributed by atoms with Crippen molar-refractivity contribution in [2.75, 3.05) is 26.8 Å². The van der Waals surface area contributed by atoms with Crippen LogP contribution in [0.4, 0.5) is 0 Å². The fourth-order valence-electron chi connectivity index (χ4n) is 1.16. The lowest BCUT2D eigenvalue weighted by atomic mass is 10.3. The number of aromatic nitrogens is 2. The van der Waals surface area contributed by atoms with Crippen LogP contribution in [0.5, 0.6) is 0 Å². The Kier molecular flexibility index (Phi) is 6.15. The maximum atomic E-state index is 9.64. The Labute approximate surface area is 103 Å². The molecule has 0 spiro atoms. The number of aliphatic hydroxyl groups excluding tert-OH is 1. The van der Waals surface area contributed by atoms with Crippen molar-refractivity contribution in [3.8, 4) is 0 Å². The Bertz CT molecular complexity index is 280. The van der Waals surface area contributed by atoms with Gasteiger partial charge in [-0.15, -0.1) is 0 Å².